The highest BCUT2D eigenvalue weighted by molar-refractivity contribution is 6.01. The minimum atomic E-state index is -0.196. The molecular weight excluding hydrogens is 320 g/mol. The number of para-hydroxylation sites is 1. The number of nitrogens with zero attached hydrogens (tertiary/aromatic N) is 1. The molecule has 0 saturated heterocycles. The molecule has 0 radical (unpaired) electrons. The van der Waals surface area contributed by atoms with Crippen LogP contribution in [-0.4, -0.2) is 17.0 Å². The van der Waals surface area contributed by atoms with Gasteiger partial charge in [0, 0.05) is 12.2 Å². The molecule has 128 valence electrons. The van der Waals surface area contributed by atoms with E-state index in [4.69, 9.17) is 0 Å². The molecule has 0 fully saturated rings. The lowest BCUT2D eigenvalue weighted by molar-refractivity contribution is 0.0703. The predicted molar refractivity (Wildman–Crippen MR) is 106 cm³/mol. The van der Waals surface area contributed by atoms with Gasteiger partial charge in [0.25, 0.3) is 5.91 Å². The fourth-order valence-electron chi connectivity index (χ4n) is 3.18. The van der Waals surface area contributed by atoms with Gasteiger partial charge < -0.3 is 10.2 Å². The molecule has 1 amide bonds. The third-order valence-corrected chi connectivity index (χ3v) is 4.52. The third-order valence-electron chi connectivity index (χ3n) is 4.52. The van der Waals surface area contributed by atoms with E-state index in [1.165, 1.54) is 0 Å². The molecule has 1 N–H and O–H groups in total. The molecule has 0 saturated carbocycles. The number of amides is 1. The van der Waals surface area contributed by atoms with Gasteiger partial charge in [0.2, 0.25) is 0 Å². The molecule has 1 aliphatic rings. The van der Waals surface area contributed by atoms with Crippen LogP contribution in [0.15, 0.2) is 91.0 Å². The molecule has 0 spiro atoms. The van der Waals surface area contributed by atoms with Gasteiger partial charge in [-0.3, -0.25) is 4.79 Å². The lowest BCUT2D eigenvalue weighted by Gasteiger charge is -2.36. The van der Waals surface area contributed by atoms with Gasteiger partial charge in [-0.15, -0.1) is 0 Å². The van der Waals surface area contributed by atoms with Crippen LogP contribution >= 0.6 is 0 Å². The Balaban J connectivity index is 1.66. The van der Waals surface area contributed by atoms with E-state index in [2.05, 4.69) is 23.5 Å². The summed E-state index contributed by atoms with van der Waals surface area (Å²) in [6.45, 7) is 0.560. The summed E-state index contributed by atoms with van der Waals surface area (Å²) in [7, 11) is 0. The molecule has 0 aliphatic carbocycles. The number of carbonyl (C=O) groups is 1. The number of carbonyl (C=O) groups excluding carboxylic acids is 1. The maximum absolute atomic E-state index is 13.1. The number of nitrogens with one attached hydrogen (secondary N) is 1. The fraction of sp³-hybridized carbons (Fsp3) is 0.0870. The average molecular weight is 340 g/mol. The second-order valence-electron chi connectivity index (χ2n) is 6.32. The van der Waals surface area contributed by atoms with E-state index in [-0.39, 0.29) is 12.1 Å². The normalized spacial score (nSPS) is 16.4. The summed E-state index contributed by atoms with van der Waals surface area (Å²) < 4.78 is 0. The number of benzene rings is 3. The van der Waals surface area contributed by atoms with Crippen molar-refractivity contribution in [2.75, 3.05) is 5.32 Å². The first-order valence-corrected chi connectivity index (χ1v) is 8.75. The van der Waals surface area contributed by atoms with E-state index in [0.717, 1.165) is 16.8 Å². The molecule has 3 aromatic carbocycles. The van der Waals surface area contributed by atoms with Gasteiger partial charge in [-0.05, 0) is 29.3 Å². The molecule has 0 aromatic heterocycles. The van der Waals surface area contributed by atoms with Gasteiger partial charge in [-0.2, -0.15) is 0 Å². The zero-order valence-corrected chi connectivity index (χ0v) is 14.4. The Kier molecular flexibility index (Phi) is 4.52. The predicted octanol–water partition coefficient (Wildman–Crippen LogP) is 4.79. The molecule has 1 unspecified atom stereocenters. The number of hydrogen-bond donors (Lipinski definition) is 1. The molecule has 3 heteroatoms. The van der Waals surface area contributed by atoms with Crippen molar-refractivity contribution in [1.29, 1.82) is 0 Å². The second-order valence-corrected chi connectivity index (χ2v) is 6.32. The Labute approximate surface area is 153 Å². The zero-order chi connectivity index (χ0) is 17.8. The third kappa shape index (κ3) is 3.38. The molecule has 3 nitrogen and oxygen atoms in total. The lowest BCUT2D eigenvalue weighted by atomic mass is 10.1. The monoisotopic (exact) mass is 340 g/mol. The van der Waals surface area contributed by atoms with E-state index >= 15 is 0 Å². The van der Waals surface area contributed by atoms with Gasteiger partial charge in [-0.25, -0.2) is 0 Å². The summed E-state index contributed by atoms with van der Waals surface area (Å²) >= 11 is 0. The maximum atomic E-state index is 13.1. The van der Waals surface area contributed by atoms with Crippen LogP contribution in [-0.2, 0) is 6.54 Å². The fourth-order valence-corrected chi connectivity index (χ4v) is 3.18. The Morgan fingerprint density at radius 2 is 1.50 bits per heavy atom. The smallest absolute Gasteiger partial charge is 0.258 e. The van der Waals surface area contributed by atoms with Gasteiger partial charge in [0.05, 0.1) is 5.56 Å². The van der Waals surface area contributed by atoms with Crippen molar-refractivity contribution in [1.82, 2.24) is 4.90 Å². The minimum absolute atomic E-state index is 0.0471. The number of anilines is 1. The van der Waals surface area contributed by atoms with Crippen molar-refractivity contribution in [3.63, 3.8) is 0 Å². The van der Waals surface area contributed by atoms with Gasteiger partial charge >= 0.3 is 0 Å². The Hall–Kier alpha value is -3.33. The average Bonchev–Trinajstić information content (AvgIpc) is 2.70. The molecule has 26 heavy (non-hydrogen) atoms. The van der Waals surface area contributed by atoms with Crippen molar-refractivity contribution < 1.29 is 4.79 Å². The number of fused-ring (bicyclic) bond motifs is 1. The van der Waals surface area contributed by atoms with Crippen LogP contribution in [0.5, 0.6) is 0 Å². The molecule has 3 aromatic rings. The molecule has 1 atom stereocenters. The molecule has 4 rings (SSSR count). The van der Waals surface area contributed by atoms with Crippen LogP contribution in [0, 0.1) is 0 Å². The quantitative estimate of drug-likeness (QED) is 0.740. The van der Waals surface area contributed by atoms with E-state index in [0.29, 0.717) is 12.1 Å². The highest BCUT2D eigenvalue weighted by Crippen LogP contribution is 2.27. The van der Waals surface area contributed by atoms with Crippen LogP contribution in [0.1, 0.15) is 21.5 Å². The van der Waals surface area contributed by atoms with Crippen LogP contribution in [0.4, 0.5) is 5.69 Å². The number of hydrogen-bond acceptors (Lipinski definition) is 2. The van der Waals surface area contributed by atoms with Crippen LogP contribution in [0.2, 0.25) is 0 Å². The highest BCUT2D eigenvalue weighted by atomic mass is 16.2. The van der Waals surface area contributed by atoms with Crippen molar-refractivity contribution in [3.8, 4) is 0 Å². The van der Waals surface area contributed by atoms with Crippen molar-refractivity contribution in [2.45, 2.75) is 12.7 Å². The summed E-state index contributed by atoms with van der Waals surface area (Å²) in [5, 5.41) is 3.49. The van der Waals surface area contributed by atoms with Crippen molar-refractivity contribution in [3.05, 3.63) is 108 Å². The molecular formula is C23H20N2O. The first kappa shape index (κ1) is 16.2. The Morgan fingerprint density at radius 1 is 0.846 bits per heavy atom. The van der Waals surface area contributed by atoms with Crippen molar-refractivity contribution in [2.24, 2.45) is 0 Å². The lowest BCUT2D eigenvalue weighted by Crippen LogP contribution is -2.47. The molecule has 0 bridgehead atoms. The standard InChI is InChI=1S/C23H20N2O/c26-23-20-13-7-8-14-21(20)24-22(16-15-18-9-3-1-4-10-18)25(23)17-19-11-5-2-6-12-19/h1-16,22,24H,17H2/b16-15+. The first-order chi connectivity index (χ1) is 12.8. The van der Waals surface area contributed by atoms with E-state index < -0.39 is 0 Å². The number of rotatable bonds is 4. The SMILES string of the molecule is O=C1c2ccccc2NC(/C=C/c2ccccc2)N1Cc1ccccc1. The summed E-state index contributed by atoms with van der Waals surface area (Å²) in [6, 6.07) is 27.9. The molecule has 1 heterocycles. The van der Waals surface area contributed by atoms with E-state index in [1.807, 2.05) is 83.8 Å². The van der Waals surface area contributed by atoms with Gasteiger partial charge in [0.15, 0.2) is 0 Å². The first-order valence-electron chi connectivity index (χ1n) is 8.75. The van der Waals surface area contributed by atoms with Crippen LogP contribution in [0.3, 0.4) is 0 Å². The van der Waals surface area contributed by atoms with Crippen LogP contribution < -0.4 is 5.32 Å². The summed E-state index contributed by atoms with van der Waals surface area (Å²) in [5.41, 5.74) is 3.82. The van der Waals surface area contributed by atoms with Gasteiger partial charge in [0.1, 0.15) is 6.17 Å². The molecule has 1 aliphatic heterocycles. The summed E-state index contributed by atoms with van der Waals surface area (Å²) in [6.07, 6.45) is 3.90. The summed E-state index contributed by atoms with van der Waals surface area (Å²) in [5.74, 6) is 0.0471. The topological polar surface area (TPSA) is 32.3 Å². The highest BCUT2D eigenvalue weighted by Gasteiger charge is 2.30. The largest absolute Gasteiger partial charge is 0.361 e. The Morgan fingerprint density at radius 3 is 2.27 bits per heavy atom. The minimum Gasteiger partial charge on any atom is -0.361 e. The second kappa shape index (κ2) is 7.28. The Bertz CT molecular complexity index is 919. The maximum Gasteiger partial charge on any atom is 0.258 e. The zero-order valence-electron chi connectivity index (χ0n) is 14.4. The van der Waals surface area contributed by atoms with Crippen LogP contribution in [0.25, 0.3) is 6.08 Å². The summed E-state index contributed by atoms with van der Waals surface area (Å²) in [4.78, 5) is 15.0. The van der Waals surface area contributed by atoms with E-state index in [9.17, 15) is 4.79 Å². The van der Waals surface area contributed by atoms with Gasteiger partial charge in [-0.1, -0.05) is 78.9 Å². The van der Waals surface area contributed by atoms with E-state index in [1.54, 1.807) is 0 Å². The van der Waals surface area contributed by atoms with Crippen molar-refractivity contribution >= 4 is 17.7 Å².